The summed E-state index contributed by atoms with van der Waals surface area (Å²) in [6, 6.07) is 23.8. The van der Waals surface area contributed by atoms with Crippen molar-refractivity contribution in [2.24, 2.45) is 0 Å². The van der Waals surface area contributed by atoms with E-state index in [0.717, 1.165) is 68.3 Å². The van der Waals surface area contributed by atoms with Crippen molar-refractivity contribution < 1.29 is 4.74 Å². The zero-order chi connectivity index (χ0) is 27.6. The van der Waals surface area contributed by atoms with Crippen LogP contribution in [0.1, 0.15) is 29.6 Å². The number of aryl methyl sites for hydroxylation is 2. The highest BCUT2D eigenvalue weighted by Crippen LogP contribution is 2.28. The maximum absolute atomic E-state index is 9.51. The molecule has 2 fully saturated rings. The summed E-state index contributed by atoms with van der Waals surface area (Å²) in [4.78, 5) is 12.2. The molecule has 0 amide bonds. The highest BCUT2D eigenvalue weighted by Gasteiger charge is 2.33. The summed E-state index contributed by atoms with van der Waals surface area (Å²) in [7, 11) is 0. The number of fused-ring (bicyclic) bond motifs is 1. The lowest BCUT2D eigenvalue weighted by atomic mass is 10.0. The number of anilines is 2. The number of ether oxygens (including phenoxy) is 1. The number of morpholine rings is 1. The van der Waals surface area contributed by atoms with Crippen LogP contribution < -0.4 is 9.80 Å². The van der Waals surface area contributed by atoms with E-state index in [1.54, 1.807) is 10.7 Å². The van der Waals surface area contributed by atoms with E-state index in [1.807, 2.05) is 12.1 Å². The molecule has 0 aliphatic carbocycles. The molecule has 3 aromatic heterocycles. The number of benzene rings is 1. The van der Waals surface area contributed by atoms with Gasteiger partial charge < -0.3 is 14.5 Å². The van der Waals surface area contributed by atoms with Gasteiger partial charge in [0.2, 0.25) is 0 Å². The lowest BCUT2D eigenvalue weighted by Crippen LogP contribution is -2.58. The number of pyridine rings is 2. The van der Waals surface area contributed by atoms with E-state index >= 15 is 0 Å². The molecule has 1 unspecified atom stereocenters. The molecular formula is C32H37N7O. The first-order chi connectivity index (χ1) is 19.5. The predicted molar refractivity (Wildman–Crippen MR) is 158 cm³/mol. The fourth-order valence-electron chi connectivity index (χ4n) is 6.40. The second kappa shape index (κ2) is 11.3. The monoisotopic (exact) mass is 535 g/mol. The quantitative estimate of drug-likeness (QED) is 0.366. The summed E-state index contributed by atoms with van der Waals surface area (Å²) in [6.07, 6.45) is 2.95. The smallest absolute Gasteiger partial charge is 0.142 e. The van der Waals surface area contributed by atoms with Crippen molar-refractivity contribution in [1.29, 1.82) is 5.26 Å². The first-order valence-corrected chi connectivity index (χ1v) is 14.2. The fourth-order valence-corrected chi connectivity index (χ4v) is 6.40. The molecule has 0 radical (unpaired) electrons. The van der Waals surface area contributed by atoms with E-state index in [9.17, 15) is 5.26 Å². The van der Waals surface area contributed by atoms with Crippen molar-refractivity contribution in [1.82, 2.24) is 19.5 Å². The largest absolute Gasteiger partial charge is 0.370 e. The Morgan fingerprint density at radius 1 is 0.950 bits per heavy atom. The second-order valence-electron chi connectivity index (χ2n) is 11.2. The lowest BCUT2D eigenvalue weighted by Gasteiger charge is -2.46. The van der Waals surface area contributed by atoms with Gasteiger partial charge in [-0.3, -0.25) is 9.88 Å². The molecule has 5 heterocycles. The van der Waals surface area contributed by atoms with Gasteiger partial charge in [0.15, 0.2) is 0 Å². The minimum atomic E-state index is 0.0811. The molecule has 0 bridgehead atoms. The Morgan fingerprint density at radius 2 is 1.75 bits per heavy atom. The third-order valence-electron chi connectivity index (χ3n) is 8.10. The van der Waals surface area contributed by atoms with E-state index in [4.69, 9.17) is 4.74 Å². The van der Waals surface area contributed by atoms with Gasteiger partial charge in [0.25, 0.3) is 0 Å². The van der Waals surface area contributed by atoms with Crippen molar-refractivity contribution in [2.75, 3.05) is 49.1 Å². The minimum Gasteiger partial charge on any atom is -0.370 e. The summed E-state index contributed by atoms with van der Waals surface area (Å²) in [5.41, 5.74) is 7.37. The zero-order valence-electron chi connectivity index (χ0n) is 23.6. The van der Waals surface area contributed by atoms with Gasteiger partial charge >= 0.3 is 0 Å². The van der Waals surface area contributed by atoms with Crippen molar-refractivity contribution in [3.8, 4) is 6.07 Å². The number of rotatable bonds is 6. The third-order valence-corrected chi connectivity index (χ3v) is 8.10. The summed E-state index contributed by atoms with van der Waals surface area (Å²) in [5, 5.41) is 13.9. The van der Waals surface area contributed by atoms with Crippen LogP contribution in [-0.2, 0) is 11.2 Å². The SMILES string of the molecule is Cc1cc(N2CCN(C[C@H]3CN(c4ccc(C#N)n5nccc45)C[C@@H](C)O3)C(Cc3ccccc3)C2)cc(C)n1. The van der Waals surface area contributed by atoms with Crippen molar-refractivity contribution in [2.45, 2.75) is 45.4 Å². The number of nitriles is 1. The van der Waals surface area contributed by atoms with Gasteiger partial charge in [-0.1, -0.05) is 30.3 Å². The van der Waals surface area contributed by atoms with Crippen LogP contribution in [0.25, 0.3) is 5.52 Å². The van der Waals surface area contributed by atoms with Crippen LogP contribution in [0.4, 0.5) is 11.4 Å². The molecule has 2 aliphatic heterocycles. The van der Waals surface area contributed by atoms with E-state index < -0.39 is 0 Å². The first kappa shape index (κ1) is 26.3. The highest BCUT2D eigenvalue weighted by atomic mass is 16.5. The lowest BCUT2D eigenvalue weighted by molar-refractivity contribution is -0.0393. The predicted octanol–water partition coefficient (Wildman–Crippen LogP) is 4.25. The molecular weight excluding hydrogens is 498 g/mol. The third kappa shape index (κ3) is 5.53. The maximum atomic E-state index is 9.51. The van der Waals surface area contributed by atoms with E-state index in [1.165, 1.54) is 11.3 Å². The summed E-state index contributed by atoms with van der Waals surface area (Å²) in [5.74, 6) is 0. The molecule has 2 saturated heterocycles. The highest BCUT2D eigenvalue weighted by molar-refractivity contribution is 5.74. The Balaban J connectivity index is 1.22. The molecule has 8 nitrogen and oxygen atoms in total. The van der Waals surface area contributed by atoms with Gasteiger partial charge in [0.1, 0.15) is 11.8 Å². The summed E-state index contributed by atoms with van der Waals surface area (Å²) >= 11 is 0. The van der Waals surface area contributed by atoms with Gasteiger partial charge in [-0.15, -0.1) is 0 Å². The number of nitrogens with zero attached hydrogens (tertiary/aromatic N) is 7. The van der Waals surface area contributed by atoms with Crippen LogP contribution >= 0.6 is 0 Å². The Labute approximate surface area is 236 Å². The molecule has 6 rings (SSSR count). The second-order valence-corrected chi connectivity index (χ2v) is 11.2. The van der Waals surface area contributed by atoms with E-state index in [-0.39, 0.29) is 12.2 Å². The van der Waals surface area contributed by atoms with Crippen LogP contribution in [0, 0.1) is 25.2 Å². The van der Waals surface area contributed by atoms with Crippen LogP contribution in [0.2, 0.25) is 0 Å². The van der Waals surface area contributed by atoms with Crippen molar-refractivity contribution >= 4 is 16.9 Å². The van der Waals surface area contributed by atoms with Gasteiger partial charge in [-0.05, 0) is 63.1 Å². The van der Waals surface area contributed by atoms with Gasteiger partial charge in [0, 0.05) is 62.4 Å². The standard InChI is InChI=1S/C32H37N7O/c1-23-15-28(16-24(2)35-23)36-13-14-37(29(20-36)17-26-7-5-4-6-8-26)21-30-22-38(19-25(3)40-30)31-10-9-27(18-33)39-32(31)11-12-34-39/h4-12,15-16,25,29-30H,13-14,17,19-22H2,1-3H3/t25-,29?,30+/m1/s1. The van der Waals surface area contributed by atoms with Crippen LogP contribution in [0.3, 0.4) is 0 Å². The van der Waals surface area contributed by atoms with Crippen LogP contribution in [-0.4, -0.2) is 77.0 Å². The molecule has 3 atom stereocenters. The van der Waals surface area contributed by atoms with Crippen molar-refractivity contribution in [3.63, 3.8) is 0 Å². The molecule has 2 aliphatic rings. The molecule has 0 spiro atoms. The molecule has 0 saturated carbocycles. The molecule has 8 heteroatoms. The van der Waals surface area contributed by atoms with Gasteiger partial charge in [-0.2, -0.15) is 10.4 Å². The average molecular weight is 536 g/mol. The van der Waals surface area contributed by atoms with Crippen LogP contribution in [0.5, 0.6) is 0 Å². The van der Waals surface area contributed by atoms with Gasteiger partial charge in [-0.25, -0.2) is 4.52 Å². The van der Waals surface area contributed by atoms with E-state index in [0.29, 0.717) is 11.7 Å². The number of piperazine rings is 1. The zero-order valence-corrected chi connectivity index (χ0v) is 23.6. The minimum absolute atomic E-state index is 0.0811. The number of hydrogen-bond acceptors (Lipinski definition) is 7. The first-order valence-electron chi connectivity index (χ1n) is 14.2. The Bertz CT molecular complexity index is 1490. The maximum Gasteiger partial charge on any atom is 0.142 e. The number of aromatic nitrogens is 3. The Hall–Kier alpha value is -3.93. The summed E-state index contributed by atoms with van der Waals surface area (Å²) in [6.45, 7) is 11.7. The van der Waals surface area contributed by atoms with Gasteiger partial charge in [0.05, 0.1) is 29.6 Å². The van der Waals surface area contributed by atoms with Crippen molar-refractivity contribution in [3.05, 3.63) is 89.5 Å². The molecule has 1 aromatic carbocycles. The van der Waals surface area contributed by atoms with E-state index in [2.05, 4.69) is 100 Å². The fraction of sp³-hybridized carbons (Fsp3) is 0.406. The summed E-state index contributed by atoms with van der Waals surface area (Å²) < 4.78 is 8.28. The number of hydrogen-bond donors (Lipinski definition) is 0. The Kier molecular flexibility index (Phi) is 7.42. The molecule has 0 N–H and O–H groups in total. The molecule has 4 aromatic rings. The molecule has 40 heavy (non-hydrogen) atoms. The van der Waals surface area contributed by atoms with Crippen LogP contribution in [0.15, 0.2) is 66.9 Å². The normalized spacial score (nSPS) is 22.0. The Morgan fingerprint density at radius 3 is 2.52 bits per heavy atom. The molecule has 206 valence electrons. The topological polar surface area (TPSA) is 72.9 Å². The average Bonchev–Trinajstić information content (AvgIpc) is 3.43.